The van der Waals surface area contributed by atoms with Gasteiger partial charge in [0.2, 0.25) is 10.0 Å². The second-order valence-electron chi connectivity index (χ2n) is 6.50. The van der Waals surface area contributed by atoms with Gasteiger partial charge in [0.15, 0.2) is 0 Å². The van der Waals surface area contributed by atoms with Gasteiger partial charge in [-0.05, 0) is 61.4 Å². The summed E-state index contributed by atoms with van der Waals surface area (Å²) in [5, 5.41) is 0. The standard InChI is InChI=1S/C19H23NO7S2/c1-25-16-5-9-18(10-6-16)28(21,22)20-13-3-4-15(20)14-27-29(23,24)19-11-7-17(26-2)8-12-19/h5-12,15H,3-4,13-14H2,1-2H3/t15-/m0/s1. The van der Waals surface area contributed by atoms with Crippen LogP contribution < -0.4 is 9.47 Å². The average Bonchev–Trinajstić information content (AvgIpc) is 3.22. The molecule has 1 heterocycles. The van der Waals surface area contributed by atoms with E-state index in [9.17, 15) is 16.8 Å². The van der Waals surface area contributed by atoms with E-state index in [0.717, 1.165) is 0 Å². The zero-order valence-corrected chi connectivity index (χ0v) is 17.8. The van der Waals surface area contributed by atoms with E-state index in [0.29, 0.717) is 30.9 Å². The summed E-state index contributed by atoms with van der Waals surface area (Å²) in [4.78, 5) is 0.115. The smallest absolute Gasteiger partial charge is 0.297 e. The van der Waals surface area contributed by atoms with Crippen molar-refractivity contribution >= 4 is 20.1 Å². The lowest BCUT2D eigenvalue weighted by molar-refractivity contribution is 0.237. The van der Waals surface area contributed by atoms with Gasteiger partial charge in [-0.3, -0.25) is 4.18 Å². The highest BCUT2D eigenvalue weighted by Gasteiger charge is 2.36. The molecule has 1 fully saturated rings. The predicted octanol–water partition coefficient (Wildman–Crippen LogP) is 2.26. The third-order valence-corrected chi connectivity index (χ3v) is 8.01. The molecule has 158 valence electrons. The molecule has 0 radical (unpaired) electrons. The fourth-order valence-electron chi connectivity index (χ4n) is 3.15. The first-order valence-electron chi connectivity index (χ1n) is 8.97. The molecular formula is C19H23NO7S2. The van der Waals surface area contributed by atoms with Crippen LogP contribution in [0, 0.1) is 0 Å². The highest BCUT2D eigenvalue weighted by atomic mass is 32.2. The van der Waals surface area contributed by atoms with Crippen molar-refractivity contribution in [2.45, 2.75) is 28.7 Å². The van der Waals surface area contributed by atoms with Crippen LogP contribution in [0.2, 0.25) is 0 Å². The maximum absolute atomic E-state index is 13.0. The van der Waals surface area contributed by atoms with Crippen LogP contribution >= 0.6 is 0 Å². The second-order valence-corrected chi connectivity index (χ2v) is 10.0. The second kappa shape index (κ2) is 8.70. The van der Waals surface area contributed by atoms with Gasteiger partial charge in [0, 0.05) is 6.54 Å². The lowest BCUT2D eigenvalue weighted by Crippen LogP contribution is -2.38. The molecule has 1 aliphatic rings. The van der Waals surface area contributed by atoms with E-state index in [1.54, 1.807) is 12.1 Å². The molecular weight excluding hydrogens is 418 g/mol. The molecule has 0 aromatic heterocycles. The van der Waals surface area contributed by atoms with E-state index in [1.165, 1.54) is 54.9 Å². The quantitative estimate of drug-likeness (QED) is 0.580. The minimum Gasteiger partial charge on any atom is -0.497 e. The van der Waals surface area contributed by atoms with Gasteiger partial charge < -0.3 is 9.47 Å². The molecule has 1 atom stereocenters. The van der Waals surface area contributed by atoms with Gasteiger partial charge in [-0.25, -0.2) is 8.42 Å². The Morgan fingerprint density at radius 2 is 1.38 bits per heavy atom. The molecule has 0 N–H and O–H groups in total. The first-order chi connectivity index (χ1) is 13.8. The number of nitrogens with zero attached hydrogens (tertiary/aromatic N) is 1. The number of methoxy groups -OCH3 is 2. The lowest BCUT2D eigenvalue weighted by Gasteiger charge is -2.24. The summed E-state index contributed by atoms with van der Waals surface area (Å²) >= 11 is 0. The Bertz CT molecular complexity index is 1030. The van der Waals surface area contributed by atoms with Crippen molar-refractivity contribution in [3.8, 4) is 11.5 Å². The van der Waals surface area contributed by atoms with E-state index in [1.807, 2.05) is 0 Å². The molecule has 1 saturated heterocycles. The van der Waals surface area contributed by atoms with Crippen molar-refractivity contribution in [2.75, 3.05) is 27.4 Å². The zero-order valence-electron chi connectivity index (χ0n) is 16.1. The third-order valence-electron chi connectivity index (χ3n) is 4.75. The molecule has 8 nitrogen and oxygen atoms in total. The summed E-state index contributed by atoms with van der Waals surface area (Å²) in [6.45, 7) is 0.0642. The van der Waals surface area contributed by atoms with Crippen molar-refractivity contribution in [1.29, 1.82) is 0 Å². The monoisotopic (exact) mass is 441 g/mol. The number of hydrogen-bond acceptors (Lipinski definition) is 7. The summed E-state index contributed by atoms with van der Waals surface area (Å²) in [5.74, 6) is 1.08. The van der Waals surface area contributed by atoms with E-state index < -0.39 is 26.2 Å². The first-order valence-corrected chi connectivity index (χ1v) is 11.8. The van der Waals surface area contributed by atoms with Gasteiger partial charge in [0.25, 0.3) is 10.1 Å². The molecule has 10 heteroatoms. The number of hydrogen-bond donors (Lipinski definition) is 0. The Morgan fingerprint density at radius 3 is 1.90 bits per heavy atom. The van der Waals surface area contributed by atoms with E-state index >= 15 is 0 Å². The van der Waals surface area contributed by atoms with Crippen molar-refractivity contribution in [3.05, 3.63) is 48.5 Å². The topological polar surface area (TPSA) is 99.2 Å². The predicted molar refractivity (Wildman–Crippen MR) is 106 cm³/mol. The van der Waals surface area contributed by atoms with Crippen LogP contribution in [0.4, 0.5) is 0 Å². The van der Waals surface area contributed by atoms with Gasteiger partial charge >= 0.3 is 0 Å². The Labute approximate surface area is 171 Å². The summed E-state index contributed by atoms with van der Waals surface area (Å²) in [7, 11) is -4.79. The molecule has 0 spiro atoms. The van der Waals surface area contributed by atoms with Crippen molar-refractivity contribution < 1.29 is 30.5 Å². The highest BCUT2D eigenvalue weighted by Crippen LogP contribution is 2.28. The number of sulfonamides is 1. The molecule has 0 saturated carbocycles. The number of rotatable bonds is 8. The molecule has 2 aromatic carbocycles. The normalized spacial score (nSPS) is 17.9. The van der Waals surface area contributed by atoms with Gasteiger partial charge in [-0.15, -0.1) is 0 Å². The molecule has 2 aromatic rings. The van der Waals surface area contributed by atoms with Gasteiger partial charge in [0.05, 0.1) is 36.7 Å². The van der Waals surface area contributed by atoms with Crippen LogP contribution in [0.5, 0.6) is 11.5 Å². The van der Waals surface area contributed by atoms with Crippen LogP contribution in [0.15, 0.2) is 58.3 Å². The molecule has 0 amide bonds. The fourth-order valence-corrected chi connectivity index (χ4v) is 5.77. The Kier molecular flexibility index (Phi) is 6.47. The Morgan fingerprint density at radius 1 is 0.862 bits per heavy atom. The van der Waals surface area contributed by atoms with Crippen LogP contribution in [0.25, 0.3) is 0 Å². The van der Waals surface area contributed by atoms with Crippen LogP contribution in [0.3, 0.4) is 0 Å². The van der Waals surface area contributed by atoms with E-state index in [4.69, 9.17) is 13.7 Å². The van der Waals surface area contributed by atoms with Crippen molar-refractivity contribution in [2.24, 2.45) is 0 Å². The molecule has 0 bridgehead atoms. The maximum Gasteiger partial charge on any atom is 0.297 e. The molecule has 29 heavy (non-hydrogen) atoms. The van der Waals surface area contributed by atoms with Crippen molar-refractivity contribution in [3.63, 3.8) is 0 Å². The molecule has 0 aliphatic carbocycles. The lowest BCUT2D eigenvalue weighted by atomic mass is 10.2. The van der Waals surface area contributed by atoms with E-state index in [-0.39, 0.29) is 16.4 Å². The Hall–Kier alpha value is -2.14. The summed E-state index contributed by atoms with van der Waals surface area (Å²) in [5.41, 5.74) is 0. The summed E-state index contributed by atoms with van der Waals surface area (Å²) < 4.78 is 67.4. The van der Waals surface area contributed by atoms with Gasteiger partial charge in [-0.2, -0.15) is 12.7 Å². The SMILES string of the molecule is COc1ccc(S(=O)(=O)OC[C@@H]2CCCN2S(=O)(=O)c2ccc(OC)cc2)cc1. The van der Waals surface area contributed by atoms with Crippen LogP contribution in [-0.2, 0) is 24.3 Å². The van der Waals surface area contributed by atoms with E-state index in [2.05, 4.69) is 0 Å². The van der Waals surface area contributed by atoms with Crippen LogP contribution in [0.1, 0.15) is 12.8 Å². The van der Waals surface area contributed by atoms with Crippen molar-refractivity contribution in [1.82, 2.24) is 4.31 Å². The minimum absolute atomic E-state index is 0.0131. The molecule has 3 rings (SSSR count). The average molecular weight is 442 g/mol. The zero-order chi connectivity index (χ0) is 21.1. The summed E-state index contributed by atoms with van der Waals surface area (Å²) in [6.07, 6.45) is 1.15. The van der Waals surface area contributed by atoms with Crippen LogP contribution in [-0.4, -0.2) is 54.6 Å². The van der Waals surface area contributed by atoms with Gasteiger partial charge in [0.1, 0.15) is 11.5 Å². The minimum atomic E-state index is -4.01. The highest BCUT2D eigenvalue weighted by molar-refractivity contribution is 7.89. The third kappa shape index (κ3) is 4.72. The first kappa shape index (κ1) is 21.6. The maximum atomic E-state index is 13.0. The number of ether oxygens (including phenoxy) is 2. The largest absolute Gasteiger partial charge is 0.497 e. The number of benzene rings is 2. The summed E-state index contributed by atoms with van der Waals surface area (Å²) in [6, 6.07) is 11.3. The fraction of sp³-hybridized carbons (Fsp3) is 0.368. The molecule has 1 aliphatic heterocycles. The Balaban J connectivity index is 1.73. The van der Waals surface area contributed by atoms with Gasteiger partial charge in [-0.1, -0.05) is 0 Å². The molecule has 0 unspecified atom stereocenters.